The Bertz CT molecular complexity index is 314. The number of rotatable bonds is 6. The average molecular weight is 204 g/mol. The highest BCUT2D eigenvalue weighted by Gasteiger charge is 1.93. The summed E-state index contributed by atoms with van der Waals surface area (Å²) >= 11 is 0. The summed E-state index contributed by atoms with van der Waals surface area (Å²) in [6, 6.07) is 6.05. The number of nitrogens with zero attached hydrogens (tertiary/aromatic N) is 2. The van der Waals surface area contributed by atoms with Crippen molar-refractivity contribution in [2.24, 2.45) is 0 Å². The van der Waals surface area contributed by atoms with Gasteiger partial charge in [0.15, 0.2) is 0 Å². The number of hydrogen-bond acceptors (Lipinski definition) is 2. The molecular formula is C11H16N4. The Morgan fingerprint density at radius 2 is 2.40 bits per heavy atom. The minimum atomic E-state index is 0.909. The Kier molecular flexibility index (Phi) is 3.57. The van der Waals surface area contributed by atoms with Gasteiger partial charge in [-0.1, -0.05) is 0 Å². The van der Waals surface area contributed by atoms with Crippen LogP contribution in [0.4, 0.5) is 0 Å². The molecule has 2 N–H and O–H groups in total. The first-order chi connectivity index (χ1) is 7.45. The lowest BCUT2D eigenvalue weighted by Gasteiger charge is -2.03. The molecule has 2 rings (SSSR count). The van der Waals surface area contributed by atoms with Gasteiger partial charge in [0.1, 0.15) is 0 Å². The molecule has 4 heteroatoms. The van der Waals surface area contributed by atoms with Crippen LogP contribution >= 0.6 is 0 Å². The third kappa shape index (κ3) is 3.25. The van der Waals surface area contributed by atoms with Gasteiger partial charge in [-0.25, -0.2) is 0 Å². The normalized spacial score (nSPS) is 10.7. The van der Waals surface area contributed by atoms with Gasteiger partial charge in [-0.05, 0) is 31.2 Å². The summed E-state index contributed by atoms with van der Waals surface area (Å²) in [6.07, 6.45) is 6.85. The quantitative estimate of drug-likeness (QED) is 0.698. The van der Waals surface area contributed by atoms with Gasteiger partial charge < -0.3 is 10.3 Å². The lowest BCUT2D eigenvalue weighted by molar-refractivity contribution is 0.541. The SMILES string of the molecule is c1c[nH]c(CNCCCn2cccn2)c1. The molecule has 0 aliphatic rings. The lowest BCUT2D eigenvalue weighted by Crippen LogP contribution is -2.16. The maximum absolute atomic E-state index is 4.15. The van der Waals surface area contributed by atoms with E-state index in [1.807, 2.05) is 35.4 Å². The van der Waals surface area contributed by atoms with E-state index in [0.29, 0.717) is 0 Å². The molecule has 0 unspecified atom stereocenters. The second-order valence-corrected chi connectivity index (χ2v) is 3.49. The van der Waals surface area contributed by atoms with Gasteiger partial charge in [0.2, 0.25) is 0 Å². The van der Waals surface area contributed by atoms with Crippen molar-refractivity contribution in [3.63, 3.8) is 0 Å². The van der Waals surface area contributed by atoms with Crippen molar-refractivity contribution in [2.75, 3.05) is 6.54 Å². The van der Waals surface area contributed by atoms with Gasteiger partial charge in [0.25, 0.3) is 0 Å². The molecule has 2 aromatic heterocycles. The minimum Gasteiger partial charge on any atom is -0.364 e. The highest BCUT2D eigenvalue weighted by atomic mass is 15.3. The van der Waals surface area contributed by atoms with Crippen molar-refractivity contribution in [1.82, 2.24) is 20.1 Å². The molecule has 0 saturated heterocycles. The zero-order valence-corrected chi connectivity index (χ0v) is 8.69. The Balaban J connectivity index is 1.56. The Morgan fingerprint density at radius 1 is 1.40 bits per heavy atom. The minimum absolute atomic E-state index is 0.909. The summed E-state index contributed by atoms with van der Waals surface area (Å²) in [5, 5.41) is 7.52. The molecule has 0 aliphatic heterocycles. The standard InChI is InChI=1S/C11H16N4/c1-4-11(13-6-1)10-12-5-2-8-15-9-3-7-14-15/h1,3-4,6-7,9,12-13H,2,5,8,10H2. The number of aromatic nitrogens is 3. The van der Waals surface area contributed by atoms with Gasteiger partial charge in [0.05, 0.1) is 0 Å². The summed E-state index contributed by atoms with van der Waals surface area (Å²) in [6.45, 7) is 2.90. The molecular weight excluding hydrogens is 188 g/mol. The van der Waals surface area contributed by atoms with E-state index in [-0.39, 0.29) is 0 Å². The van der Waals surface area contributed by atoms with E-state index in [2.05, 4.69) is 21.5 Å². The Morgan fingerprint density at radius 3 is 3.13 bits per heavy atom. The third-order valence-electron chi connectivity index (χ3n) is 2.28. The van der Waals surface area contributed by atoms with Crippen LogP contribution in [0.1, 0.15) is 12.1 Å². The summed E-state index contributed by atoms with van der Waals surface area (Å²) in [7, 11) is 0. The molecule has 2 heterocycles. The van der Waals surface area contributed by atoms with Crippen molar-refractivity contribution >= 4 is 0 Å². The molecule has 80 valence electrons. The van der Waals surface area contributed by atoms with Gasteiger partial charge in [-0.2, -0.15) is 5.10 Å². The Labute approximate surface area is 89.3 Å². The maximum Gasteiger partial charge on any atom is 0.0489 e. The fourth-order valence-electron chi connectivity index (χ4n) is 1.50. The number of H-pyrrole nitrogens is 1. The lowest BCUT2D eigenvalue weighted by atomic mass is 10.4. The molecule has 0 bridgehead atoms. The summed E-state index contributed by atoms with van der Waals surface area (Å²) in [5.74, 6) is 0. The van der Waals surface area contributed by atoms with Crippen LogP contribution in [-0.4, -0.2) is 21.3 Å². The summed E-state index contributed by atoms with van der Waals surface area (Å²) < 4.78 is 1.95. The van der Waals surface area contributed by atoms with Crippen molar-refractivity contribution < 1.29 is 0 Å². The second kappa shape index (κ2) is 5.36. The largest absolute Gasteiger partial charge is 0.364 e. The predicted octanol–water partition coefficient (Wildman–Crippen LogP) is 1.39. The van der Waals surface area contributed by atoms with Crippen molar-refractivity contribution in [2.45, 2.75) is 19.5 Å². The van der Waals surface area contributed by atoms with Crippen LogP contribution in [0.15, 0.2) is 36.8 Å². The second-order valence-electron chi connectivity index (χ2n) is 3.49. The molecule has 0 radical (unpaired) electrons. The first-order valence-electron chi connectivity index (χ1n) is 5.25. The maximum atomic E-state index is 4.15. The van der Waals surface area contributed by atoms with Gasteiger partial charge >= 0.3 is 0 Å². The average Bonchev–Trinajstić information content (AvgIpc) is 2.88. The molecule has 0 aromatic carbocycles. The number of aryl methyl sites for hydroxylation is 1. The topological polar surface area (TPSA) is 45.6 Å². The number of aromatic amines is 1. The predicted molar refractivity (Wildman–Crippen MR) is 59.3 cm³/mol. The molecule has 0 aliphatic carbocycles. The zero-order valence-electron chi connectivity index (χ0n) is 8.69. The van der Waals surface area contributed by atoms with Crippen LogP contribution in [0.25, 0.3) is 0 Å². The van der Waals surface area contributed by atoms with E-state index in [1.165, 1.54) is 5.69 Å². The van der Waals surface area contributed by atoms with Crippen LogP contribution in [0.3, 0.4) is 0 Å². The molecule has 0 amide bonds. The first kappa shape index (κ1) is 9.98. The van der Waals surface area contributed by atoms with Crippen LogP contribution in [-0.2, 0) is 13.1 Å². The van der Waals surface area contributed by atoms with Gasteiger partial charge in [-0.15, -0.1) is 0 Å². The van der Waals surface area contributed by atoms with Crippen molar-refractivity contribution in [3.8, 4) is 0 Å². The van der Waals surface area contributed by atoms with Crippen LogP contribution < -0.4 is 5.32 Å². The monoisotopic (exact) mass is 204 g/mol. The highest BCUT2D eigenvalue weighted by molar-refractivity contribution is 5.02. The third-order valence-corrected chi connectivity index (χ3v) is 2.28. The smallest absolute Gasteiger partial charge is 0.0489 e. The highest BCUT2D eigenvalue weighted by Crippen LogP contribution is 1.93. The fraction of sp³-hybridized carbons (Fsp3) is 0.364. The Hall–Kier alpha value is -1.55. The summed E-state index contributed by atoms with van der Waals surface area (Å²) in [5.41, 5.74) is 1.23. The molecule has 0 spiro atoms. The van der Waals surface area contributed by atoms with E-state index >= 15 is 0 Å². The van der Waals surface area contributed by atoms with Crippen LogP contribution in [0.2, 0.25) is 0 Å². The van der Waals surface area contributed by atoms with Crippen molar-refractivity contribution in [1.29, 1.82) is 0 Å². The number of hydrogen-bond donors (Lipinski definition) is 2. The van der Waals surface area contributed by atoms with E-state index in [0.717, 1.165) is 26.1 Å². The molecule has 0 fully saturated rings. The van der Waals surface area contributed by atoms with E-state index in [1.54, 1.807) is 0 Å². The molecule has 2 aromatic rings. The molecule has 4 nitrogen and oxygen atoms in total. The number of nitrogens with one attached hydrogen (secondary N) is 2. The molecule has 0 atom stereocenters. The molecule has 0 saturated carbocycles. The molecule has 15 heavy (non-hydrogen) atoms. The van der Waals surface area contributed by atoms with Gasteiger partial charge in [-0.3, -0.25) is 4.68 Å². The van der Waals surface area contributed by atoms with E-state index in [4.69, 9.17) is 0 Å². The van der Waals surface area contributed by atoms with E-state index < -0.39 is 0 Å². The zero-order chi connectivity index (χ0) is 10.3. The fourth-order valence-corrected chi connectivity index (χ4v) is 1.50. The van der Waals surface area contributed by atoms with E-state index in [9.17, 15) is 0 Å². The van der Waals surface area contributed by atoms with Gasteiger partial charge in [0, 0.05) is 37.4 Å². The van der Waals surface area contributed by atoms with Crippen LogP contribution in [0, 0.1) is 0 Å². The van der Waals surface area contributed by atoms with Crippen LogP contribution in [0.5, 0.6) is 0 Å². The van der Waals surface area contributed by atoms with Crippen molar-refractivity contribution in [3.05, 3.63) is 42.5 Å². The first-order valence-corrected chi connectivity index (χ1v) is 5.25. The summed E-state index contributed by atoms with van der Waals surface area (Å²) in [4.78, 5) is 3.16.